The van der Waals surface area contributed by atoms with Crippen molar-refractivity contribution in [2.75, 3.05) is 6.54 Å². The Morgan fingerprint density at radius 3 is 3.11 bits per heavy atom. The van der Waals surface area contributed by atoms with Crippen LogP contribution in [0.1, 0.15) is 41.3 Å². The number of rotatable bonds is 4. The SMILES string of the molecule is C#CC(CCC)NC(=O)c1ccc2c(c1)CNCC2. The summed E-state index contributed by atoms with van der Waals surface area (Å²) in [5, 5.41) is 6.21. The van der Waals surface area contributed by atoms with Crippen molar-refractivity contribution in [2.24, 2.45) is 0 Å². The Bertz CT molecular complexity index is 502. The van der Waals surface area contributed by atoms with Crippen LogP contribution < -0.4 is 10.6 Å². The molecule has 2 N–H and O–H groups in total. The molecule has 1 aromatic carbocycles. The van der Waals surface area contributed by atoms with Crippen LogP contribution in [0, 0.1) is 12.3 Å². The van der Waals surface area contributed by atoms with E-state index in [-0.39, 0.29) is 11.9 Å². The number of terminal acetylenes is 1. The maximum atomic E-state index is 12.1. The molecule has 100 valence electrons. The minimum atomic E-state index is -0.174. The Morgan fingerprint density at radius 1 is 1.53 bits per heavy atom. The molecule has 19 heavy (non-hydrogen) atoms. The van der Waals surface area contributed by atoms with Gasteiger partial charge in [0, 0.05) is 12.1 Å². The lowest BCUT2D eigenvalue weighted by atomic mass is 9.98. The van der Waals surface area contributed by atoms with Gasteiger partial charge >= 0.3 is 0 Å². The van der Waals surface area contributed by atoms with Crippen molar-refractivity contribution < 1.29 is 4.79 Å². The van der Waals surface area contributed by atoms with Crippen molar-refractivity contribution in [2.45, 2.75) is 38.8 Å². The number of fused-ring (bicyclic) bond motifs is 1. The van der Waals surface area contributed by atoms with E-state index in [1.54, 1.807) is 0 Å². The molecule has 0 bridgehead atoms. The first-order chi connectivity index (χ1) is 9.24. The molecule has 2 rings (SSSR count). The third-order valence-corrected chi connectivity index (χ3v) is 3.44. The van der Waals surface area contributed by atoms with Gasteiger partial charge in [-0.1, -0.05) is 25.3 Å². The normalized spacial score (nSPS) is 15.2. The summed E-state index contributed by atoms with van der Waals surface area (Å²) in [7, 11) is 0. The molecule has 1 unspecified atom stereocenters. The van der Waals surface area contributed by atoms with Crippen molar-refractivity contribution in [1.82, 2.24) is 10.6 Å². The molecule has 3 nitrogen and oxygen atoms in total. The highest BCUT2D eigenvalue weighted by molar-refractivity contribution is 5.94. The first-order valence-electron chi connectivity index (χ1n) is 6.84. The Balaban J connectivity index is 2.09. The molecule has 1 amide bonds. The first-order valence-corrected chi connectivity index (χ1v) is 6.84. The molecule has 0 fully saturated rings. The molecule has 1 aromatic rings. The van der Waals surface area contributed by atoms with Gasteiger partial charge < -0.3 is 10.6 Å². The van der Waals surface area contributed by atoms with Crippen molar-refractivity contribution in [3.63, 3.8) is 0 Å². The molecule has 0 spiro atoms. The predicted molar refractivity (Wildman–Crippen MR) is 76.8 cm³/mol. The maximum Gasteiger partial charge on any atom is 0.252 e. The monoisotopic (exact) mass is 256 g/mol. The first kappa shape index (κ1) is 13.6. The van der Waals surface area contributed by atoms with E-state index in [0.717, 1.165) is 32.4 Å². The number of hydrogen-bond acceptors (Lipinski definition) is 2. The molecule has 0 saturated heterocycles. The molecule has 3 heteroatoms. The summed E-state index contributed by atoms with van der Waals surface area (Å²) in [5.74, 6) is 2.54. The summed E-state index contributed by atoms with van der Waals surface area (Å²) in [6.45, 7) is 3.90. The highest BCUT2D eigenvalue weighted by Gasteiger charge is 2.14. The second-order valence-electron chi connectivity index (χ2n) is 4.89. The van der Waals surface area contributed by atoms with Crippen LogP contribution in [0.4, 0.5) is 0 Å². The maximum absolute atomic E-state index is 12.1. The van der Waals surface area contributed by atoms with Crippen molar-refractivity contribution in [3.05, 3.63) is 34.9 Å². The van der Waals surface area contributed by atoms with Crippen LogP contribution in [0.15, 0.2) is 18.2 Å². The van der Waals surface area contributed by atoms with E-state index in [2.05, 4.69) is 29.5 Å². The summed E-state index contributed by atoms with van der Waals surface area (Å²) in [6, 6.07) is 5.73. The van der Waals surface area contributed by atoms with E-state index in [4.69, 9.17) is 6.42 Å². The zero-order chi connectivity index (χ0) is 13.7. The molecule has 1 aliphatic heterocycles. The van der Waals surface area contributed by atoms with E-state index in [1.807, 2.05) is 12.1 Å². The minimum absolute atomic E-state index is 0.0789. The lowest BCUT2D eigenvalue weighted by molar-refractivity contribution is 0.0944. The van der Waals surface area contributed by atoms with Gasteiger partial charge in [-0.2, -0.15) is 0 Å². The Kier molecular flexibility index (Phi) is 4.59. The van der Waals surface area contributed by atoms with Crippen LogP contribution in [0.3, 0.4) is 0 Å². The number of benzene rings is 1. The molecular formula is C16H20N2O. The fraction of sp³-hybridized carbons (Fsp3) is 0.438. The summed E-state index contributed by atoms with van der Waals surface area (Å²) in [5.41, 5.74) is 3.24. The number of nitrogens with one attached hydrogen (secondary N) is 2. The predicted octanol–water partition coefficient (Wildman–Crippen LogP) is 1.86. The number of hydrogen-bond donors (Lipinski definition) is 2. The largest absolute Gasteiger partial charge is 0.338 e. The van der Waals surface area contributed by atoms with Crippen LogP contribution in [-0.4, -0.2) is 18.5 Å². The van der Waals surface area contributed by atoms with Crippen LogP contribution in [0.25, 0.3) is 0 Å². The minimum Gasteiger partial charge on any atom is -0.338 e. The smallest absolute Gasteiger partial charge is 0.252 e. The van der Waals surface area contributed by atoms with Gasteiger partial charge in [0.2, 0.25) is 0 Å². The standard InChI is InChI=1S/C16H20N2O/c1-3-5-15(4-2)18-16(19)13-7-6-12-8-9-17-11-14(12)10-13/h2,6-7,10,15,17H,3,5,8-9,11H2,1H3,(H,18,19). The molecular weight excluding hydrogens is 236 g/mol. The summed E-state index contributed by atoms with van der Waals surface area (Å²) < 4.78 is 0. The zero-order valence-corrected chi connectivity index (χ0v) is 11.3. The lowest BCUT2D eigenvalue weighted by Crippen LogP contribution is -2.34. The molecule has 1 heterocycles. The van der Waals surface area contributed by atoms with E-state index in [0.29, 0.717) is 5.56 Å². The number of amides is 1. The van der Waals surface area contributed by atoms with Crippen LogP contribution >= 0.6 is 0 Å². The fourth-order valence-electron chi connectivity index (χ4n) is 2.35. The highest BCUT2D eigenvalue weighted by Crippen LogP contribution is 2.16. The topological polar surface area (TPSA) is 41.1 Å². The Morgan fingerprint density at radius 2 is 2.37 bits per heavy atom. The van der Waals surface area contributed by atoms with Gasteiger partial charge in [-0.25, -0.2) is 0 Å². The average Bonchev–Trinajstić information content (AvgIpc) is 2.46. The van der Waals surface area contributed by atoms with Crippen molar-refractivity contribution >= 4 is 5.91 Å². The van der Waals surface area contributed by atoms with Crippen LogP contribution in [-0.2, 0) is 13.0 Å². The summed E-state index contributed by atoms with van der Waals surface area (Å²) in [4.78, 5) is 12.1. The fourth-order valence-corrected chi connectivity index (χ4v) is 2.35. The third kappa shape index (κ3) is 3.36. The van der Waals surface area contributed by atoms with Crippen molar-refractivity contribution in [3.8, 4) is 12.3 Å². The van der Waals surface area contributed by atoms with Gasteiger partial charge in [0.05, 0.1) is 6.04 Å². The van der Waals surface area contributed by atoms with E-state index in [9.17, 15) is 4.79 Å². The summed E-state index contributed by atoms with van der Waals surface area (Å²) >= 11 is 0. The lowest BCUT2D eigenvalue weighted by Gasteiger charge is -2.18. The van der Waals surface area contributed by atoms with Crippen LogP contribution in [0.2, 0.25) is 0 Å². The van der Waals surface area contributed by atoms with Gasteiger partial charge in [-0.05, 0) is 42.6 Å². The van der Waals surface area contributed by atoms with Crippen molar-refractivity contribution in [1.29, 1.82) is 0 Å². The zero-order valence-electron chi connectivity index (χ0n) is 11.3. The van der Waals surface area contributed by atoms with Gasteiger partial charge in [0.1, 0.15) is 0 Å². The van der Waals surface area contributed by atoms with Gasteiger partial charge in [0.25, 0.3) is 5.91 Å². The van der Waals surface area contributed by atoms with E-state index >= 15 is 0 Å². The number of carbonyl (C=O) groups excluding carboxylic acids is 1. The van der Waals surface area contributed by atoms with E-state index in [1.165, 1.54) is 11.1 Å². The highest BCUT2D eigenvalue weighted by atomic mass is 16.1. The van der Waals surface area contributed by atoms with Gasteiger partial charge in [-0.15, -0.1) is 6.42 Å². The molecule has 0 radical (unpaired) electrons. The Hall–Kier alpha value is -1.79. The second kappa shape index (κ2) is 6.40. The Labute approximate surface area is 114 Å². The molecule has 0 saturated carbocycles. The molecule has 1 aliphatic rings. The number of carbonyl (C=O) groups is 1. The quantitative estimate of drug-likeness (QED) is 0.807. The van der Waals surface area contributed by atoms with E-state index < -0.39 is 0 Å². The third-order valence-electron chi connectivity index (χ3n) is 3.44. The van der Waals surface area contributed by atoms with Gasteiger partial charge in [0.15, 0.2) is 0 Å². The van der Waals surface area contributed by atoms with Gasteiger partial charge in [-0.3, -0.25) is 4.79 Å². The molecule has 0 aliphatic carbocycles. The molecule has 0 aromatic heterocycles. The summed E-state index contributed by atoms with van der Waals surface area (Å²) in [6.07, 6.45) is 8.22. The second-order valence-corrected chi connectivity index (χ2v) is 4.89. The van der Waals surface area contributed by atoms with Crippen LogP contribution in [0.5, 0.6) is 0 Å². The molecule has 1 atom stereocenters. The average molecular weight is 256 g/mol.